The van der Waals surface area contributed by atoms with Crippen LogP contribution in [0.2, 0.25) is 0 Å². The molecule has 0 N–H and O–H groups in total. The quantitative estimate of drug-likeness (QED) is 0.0542. The summed E-state index contributed by atoms with van der Waals surface area (Å²) in [6.07, 6.45) is -10.2. The molecule has 0 aromatic heterocycles. The molecule has 0 spiro atoms. The first-order valence-electron chi connectivity index (χ1n) is 11.0. The van der Waals surface area contributed by atoms with E-state index in [1.54, 1.807) is 0 Å². The van der Waals surface area contributed by atoms with Crippen molar-refractivity contribution in [1.82, 2.24) is 0 Å². The fourth-order valence-electron chi connectivity index (χ4n) is 1.77. The van der Waals surface area contributed by atoms with Crippen molar-refractivity contribution in [1.29, 1.82) is 0 Å². The van der Waals surface area contributed by atoms with E-state index in [1.165, 1.54) is 48.5 Å². The number of rotatable bonds is 16. The fourth-order valence-corrected chi connectivity index (χ4v) is 1.77. The van der Waals surface area contributed by atoms with Crippen LogP contribution in [-0.2, 0) is 93.8 Å². The van der Waals surface area contributed by atoms with Crippen molar-refractivity contribution < 1.29 is 156 Å². The van der Waals surface area contributed by atoms with Crippen LogP contribution in [0.4, 0.5) is 52.7 Å². The van der Waals surface area contributed by atoms with Crippen molar-refractivity contribution in [3.8, 4) is 11.5 Å². The number of ether oxygens (including phenoxy) is 8. The topological polar surface area (TPSA) is 73.8 Å². The number of hydrogen-bond acceptors (Lipinski definition) is 8. The maximum atomic E-state index is 12.1. The van der Waals surface area contributed by atoms with Crippen molar-refractivity contribution >= 4 is 0 Å². The Bertz CT molecular complexity index is 1120. The second kappa shape index (κ2) is 38.0. The van der Waals surface area contributed by atoms with Crippen molar-refractivity contribution in [2.75, 3.05) is 34.0 Å². The third-order valence-corrected chi connectivity index (χ3v) is 3.42. The summed E-state index contributed by atoms with van der Waals surface area (Å²) in [6.45, 7) is -2.96. The summed E-state index contributed by atoms with van der Waals surface area (Å²) in [5.41, 5.74) is 0. The van der Waals surface area contributed by atoms with Gasteiger partial charge in [0.05, 0.1) is 0 Å². The van der Waals surface area contributed by atoms with E-state index in [0.29, 0.717) is 0 Å². The molecule has 0 unspecified atom stereocenters. The van der Waals surface area contributed by atoms with Crippen LogP contribution in [0.25, 0.3) is 0 Å². The minimum atomic E-state index is -2.62. The summed E-state index contributed by atoms with van der Waals surface area (Å²) >= 11 is 0. The van der Waals surface area contributed by atoms with Gasteiger partial charge in [0.1, 0.15) is 0 Å². The van der Waals surface area contributed by atoms with Crippen molar-refractivity contribution in [3.05, 3.63) is 116 Å². The largest absolute Gasteiger partial charge is 0.455 e. The zero-order valence-electron chi connectivity index (χ0n) is 24.1. The van der Waals surface area contributed by atoms with Gasteiger partial charge < -0.3 is 45.3 Å². The minimum Gasteiger partial charge on any atom is -0.455 e. The SMILES string of the molecule is C.C.FC(F)=C(F)OCOCOCOCOCOC(F)=C(F)F.FC(F)=C(F)Oc1cc[c-]cc1.FC(F)=C(F)Oc1cc[c-]cc1.[CH3-].[Y].[Y]. The third-order valence-electron chi connectivity index (χ3n) is 3.42. The maximum Gasteiger partial charge on any atom is 0.342 e. The molecule has 2 radical (unpaired) electrons. The van der Waals surface area contributed by atoms with Gasteiger partial charge in [0.25, 0.3) is 0 Å². The van der Waals surface area contributed by atoms with E-state index >= 15 is 0 Å². The Morgan fingerprint density at radius 3 is 0.900 bits per heavy atom. The summed E-state index contributed by atoms with van der Waals surface area (Å²) in [4.78, 5) is 0. The molecule has 0 fully saturated rings. The molecule has 2 rings (SSSR count). The Hall–Kier alpha value is -2.19. The smallest absolute Gasteiger partial charge is 0.342 e. The van der Waals surface area contributed by atoms with Gasteiger partial charge in [-0.25, -0.2) is 0 Å². The first-order chi connectivity index (χ1) is 21.3. The van der Waals surface area contributed by atoms with Gasteiger partial charge in [0.15, 0.2) is 34.0 Å². The summed E-state index contributed by atoms with van der Waals surface area (Å²) in [6, 6.07) is 8.39. The van der Waals surface area contributed by atoms with E-state index in [0.717, 1.165) is 0 Å². The maximum absolute atomic E-state index is 12.1. The van der Waals surface area contributed by atoms with Gasteiger partial charge in [-0.05, 0) is 0 Å². The number of hydrogen-bond donors (Lipinski definition) is 0. The van der Waals surface area contributed by atoms with E-state index in [9.17, 15) is 52.7 Å². The van der Waals surface area contributed by atoms with Gasteiger partial charge in [-0.1, -0.05) is 14.9 Å². The first-order valence-corrected chi connectivity index (χ1v) is 11.0. The van der Waals surface area contributed by atoms with Crippen molar-refractivity contribution in [3.63, 3.8) is 0 Å². The van der Waals surface area contributed by atoms with Crippen LogP contribution in [0.1, 0.15) is 14.9 Å². The van der Waals surface area contributed by atoms with Crippen LogP contribution < -0.4 is 9.47 Å². The van der Waals surface area contributed by atoms with Crippen LogP contribution in [0.5, 0.6) is 11.5 Å². The average molecular weight is 899 g/mol. The van der Waals surface area contributed by atoms with E-state index < -0.39 is 82.3 Å². The predicted octanol–water partition coefficient (Wildman–Crippen LogP) is 10.5. The molecule has 2 aromatic rings. The molecular weight excluding hydrogens is 870 g/mol. The molecule has 0 aliphatic rings. The second-order valence-electron chi connectivity index (χ2n) is 6.51. The standard InChI is InChI=1S/C9H10F6O6.2C8H4F3O.2CH4.CH3.2Y/c10-6(11)8(14)20-4-18-2-16-1-17-3-19-5-21-9(15)7(12)13;2*9-7(10)8(11)12-6-4-2-1-3-5-6;;;;;/h1-5H2;2*2-5H;2*1H4;1H3;;/q;2*-1;;;-1;;. The summed E-state index contributed by atoms with van der Waals surface area (Å²) in [5, 5.41) is 0. The Labute approximate surface area is 330 Å². The number of benzene rings is 2. The van der Waals surface area contributed by atoms with Gasteiger partial charge in [-0.15, -0.1) is 24.3 Å². The van der Waals surface area contributed by atoms with Crippen molar-refractivity contribution in [2.24, 2.45) is 0 Å². The molecule has 0 atom stereocenters. The van der Waals surface area contributed by atoms with Crippen LogP contribution in [-0.4, -0.2) is 34.0 Å². The van der Waals surface area contributed by atoms with Crippen LogP contribution in [0.3, 0.4) is 0 Å². The average Bonchev–Trinajstić information content (AvgIpc) is 3.01. The van der Waals surface area contributed by atoms with Gasteiger partial charge >= 0.3 is 48.4 Å². The molecule has 0 saturated heterocycles. The predicted molar refractivity (Wildman–Crippen MR) is 144 cm³/mol. The van der Waals surface area contributed by atoms with Gasteiger partial charge in [-0.3, -0.25) is 0 Å². The van der Waals surface area contributed by atoms with Crippen LogP contribution in [0.15, 0.2) is 96.9 Å². The zero-order valence-corrected chi connectivity index (χ0v) is 29.8. The Kier molecular flexibility index (Phi) is 45.6. The van der Waals surface area contributed by atoms with Crippen LogP contribution in [0, 0.1) is 19.6 Å². The Balaban J connectivity index is -0.000000145. The molecule has 0 heterocycles. The molecule has 0 bridgehead atoms. The van der Waals surface area contributed by atoms with Crippen LogP contribution >= 0.6 is 0 Å². The van der Waals surface area contributed by atoms with Gasteiger partial charge in [0.2, 0.25) is 0 Å². The molecular formula is C28H29F12O8Y2-3. The minimum absolute atomic E-state index is 0. The van der Waals surface area contributed by atoms with E-state index in [-0.39, 0.29) is 99.2 Å². The molecule has 0 saturated carbocycles. The van der Waals surface area contributed by atoms with E-state index in [4.69, 9.17) is 0 Å². The van der Waals surface area contributed by atoms with Gasteiger partial charge in [0, 0.05) is 76.9 Å². The van der Waals surface area contributed by atoms with E-state index in [1.807, 2.05) is 0 Å². The molecule has 0 aliphatic heterocycles. The molecule has 282 valence electrons. The van der Waals surface area contributed by atoms with Gasteiger partial charge in [-0.2, -0.15) is 89.1 Å². The summed E-state index contributed by atoms with van der Waals surface area (Å²) < 4.78 is 174. The second-order valence-corrected chi connectivity index (χ2v) is 6.51. The van der Waals surface area contributed by atoms with Crippen molar-refractivity contribution in [2.45, 2.75) is 14.9 Å². The third kappa shape index (κ3) is 34.3. The summed E-state index contributed by atoms with van der Waals surface area (Å²) in [5.74, 6) is 0.0260. The number of halogens is 12. The first kappa shape index (κ1) is 59.9. The van der Waals surface area contributed by atoms with E-state index in [2.05, 4.69) is 50.0 Å². The summed E-state index contributed by atoms with van der Waals surface area (Å²) in [7, 11) is 0. The molecule has 0 amide bonds. The molecule has 0 aliphatic carbocycles. The zero-order chi connectivity index (χ0) is 34.0. The molecule has 22 heteroatoms. The monoisotopic (exact) mass is 899 g/mol. The fraction of sp³-hybridized carbons (Fsp3) is 0.250. The molecule has 2 aromatic carbocycles. The normalized spacial score (nSPS) is 8.72. The Morgan fingerprint density at radius 2 is 0.660 bits per heavy atom. The Morgan fingerprint density at radius 1 is 0.420 bits per heavy atom. The molecule has 50 heavy (non-hydrogen) atoms. The molecule has 8 nitrogen and oxygen atoms in total.